The molecule has 0 spiro atoms. The molecule has 4 nitrogen and oxygen atoms in total. The van der Waals surface area contributed by atoms with Crippen LogP contribution < -0.4 is 0 Å². The van der Waals surface area contributed by atoms with Crippen LogP contribution in [-0.4, -0.2) is 21.4 Å². The Morgan fingerprint density at radius 2 is 1.95 bits per heavy atom. The maximum absolute atomic E-state index is 11.8. The molecule has 1 aromatic carbocycles. The second-order valence-electron chi connectivity index (χ2n) is 5.29. The topological polar surface area (TPSA) is 59.3 Å². The number of benzene rings is 1. The first-order chi connectivity index (χ1) is 9.36. The van der Waals surface area contributed by atoms with E-state index in [1.807, 2.05) is 27.0 Å². The summed E-state index contributed by atoms with van der Waals surface area (Å²) in [6.45, 7) is 7.60. The summed E-state index contributed by atoms with van der Waals surface area (Å²) in [4.78, 5) is 23.1. The molecule has 2 aromatic rings. The van der Waals surface area contributed by atoms with Crippen LogP contribution in [0.4, 0.5) is 0 Å². The molecule has 0 atom stereocenters. The predicted molar refractivity (Wildman–Crippen MR) is 78.7 cm³/mol. The van der Waals surface area contributed by atoms with Gasteiger partial charge in [0, 0.05) is 23.2 Å². The molecule has 0 saturated carbocycles. The number of carbonyl (C=O) groups excluding carboxylic acids is 1. The highest BCUT2D eigenvalue weighted by molar-refractivity contribution is 6.09. The van der Waals surface area contributed by atoms with E-state index in [4.69, 9.17) is 0 Å². The van der Waals surface area contributed by atoms with Crippen molar-refractivity contribution in [3.63, 3.8) is 0 Å². The van der Waals surface area contributed by atoms with Gasteiger partial charge in [0.05, 0.1) is 11.1 Å². The Bertz CT molecular complexity index is 695. The van der Waals surface area contributed by atoms with Crippen molar-refractivity contribution in [3.05, 3.63) is 35.0 Å². The van der Waals surface area contributed by atoms with Crippen LogP contribution in [0, 0.1) is 0 Å². The lowest BCUT2D eigenvalue weighted by atomic mass is 10.0. The zero-order valence-corrected chi connectivity index (χ0v) is 12.2. The molecular formula is C16H19NO3. The molecule has 0 aliphatic heterocycles. The summed E-state index contributed by atoms with van der Waals surface area (Å²) in [6.07, 6.45) is 2.56. The highest BCUT2D eigenvalue weighted by Gasteiger charge is 2.18. The first-order valence-electron chi connectivity index (χ1n) is 6.78. The third-order valence-electron chi connectivity index (χ3n) is 3.57. The first kappa shape index (κ1) is 14.3. The van der Waals surface area contributed by atoms with Crippen LogP contribution in [-0.2, 0) is 6.42 Å². The number of nitrogens with zero attached hydrogens (tertiary/aromatic N) is 1. The van der Waals surface area contributed by atoms with E-state index in [9.17, 15) is 14.7 Å². The van der Waals surface area contributed by atoms with Crippen LogP contribution in [0.5, 0.6) is 0 Å². The molecule has 0 aliphatic rings. The molecule has 0 saturated heterocycles. The van der Waals surface area contributed by atoms with E-state index in [0.29, 0.717) is 5.56 Å². The van der Waals surface area contributed by atoms with Crippen molar-refractivity contribution in [2.24, 2.45) is 0 Å². The molecular weight excluding hydrogens is 254 g/mol. The number of carboxylic acids is 1. The summed E-state index contributed by atoms with van der Waals surface area (Å²) in [5.74, 6) is -1.01. The number of carbonyl (C=O) groups is 2. The highest BCUT2D eigenvalue weighted by Crippen LogP contribution is 2.30. The minimum Gasteiger partial charge on any atom is -0.478 e. The number of hydrogen-bond acceptors (Lipinski definition) is 2. The molecule has 20 heavy (non-hydrogen) atoms. The Balaban J connectivity index is 2.92. The minimum absolute atomic E-state index is 0.0426. The third-order valence-corrected chi connectivity index (χ3v) is 3.57. The van der Waals surface area contributed by atoms with Gasteiger partial charge in [-0.3, -0.25) is 4.79 Å². The van der Waals surface area contributed by atoms with Crippen LogP contribution in [0.1, 0.15) is 60.0 Å². The molecule has 0 radical (unpaired) electrons. The molecule has 1 heterocycles. The standard InChI is InChI=1S/C16H19NO3/c1-5-11-6-12(16(19)20)7-13-14(10(4)18)8-17(9(2)3)15(11)13/h6-9H,5H2,1-4H3,(H,19,20). The number of aromatic nitrogens is 1. The summed E-state index contributed by atoms with van der Waals surface area (Å²) in [5, 5.41) is 9.96. The molecule has 0 unspecified atom stereocenters. The summed E-state index contributed by atoms with van der Waals surface area (Å²) in [6, 6.07) is 3.52. The van der Waals surface area contributed by atoms with Gasteiger partial charge < -0.3 is 9.67 Å². The number of aromatic carboxylic acids is 1. The number of rotatable bonds is 4. The van der Waals surface area contributed by atoms with Gasteiger partial charge in [0.25, 0.3) is 0 Å². The Labute approximate surface area is 118 Å². The highest BCUT2D eigenvalue weighted by atomic mass is 16.4. The minimum atomic E-state index is -0.964. The number of aryl methyl sites for hydroxylation is 1. The normalized spacial score (nSPS) is 11.2. The Morgan fingerprint density at radius 1 is 1.30 bits per heavy atom. The van der Waals surface area contributed by atoms with Gasteiger partial charge in [-0.15, -0.1) is 0 Å². The van der Waals surface area contributed by atoms with Crippen molar-refractivity contribution in [2.75, 3.05) is 0 Å². The maximum atomic E-state index is 11.8. The summed E-state index contributed by atoms with van der Waals surface area (Å²) < 4.78 is 2.05. The lowest BCUT2D eigenvalue weighted by Gasteiger charge is -2.12. The Hall–Kier alpha value is -2.10. The fourth-order valence-electron chi connectivity index (χ4n) is 2.56. The van der Waals surface area contributed by atoms with E-state index in [-0.39, 0.29) is 17.4 Å². The van der Waals surface area contributed by atoms with Crippen LogP contribution >= 0.6 is 0 Å². The number of Topliss-reactive ketones (excluding diaryl/α,β-unsaturated/α-hetero) is 1. The van der Waals surface area contributed by atoms with Crippen LogP contribution in [0.25, 0.3) is 10.9 Å². The summed E-state index contributed by atoms with van der Waals surface area (Å²) in [5.41, 5.74) is 2.75. The largest absolute Gasteiger partial charge is 0.478 e. The lowest BCUT2D eigenvalue weighted by Crippen LogP contribution is -2.03. The van der Waals surface area contributed by atoms with Crippen LogP contribution in [0.15, 0.2) is 18.3 Å². The van der Waals surface area contributed by atoms with Crippen molar-refractivity contribution in [1.29, 1.82) is 0 Å². The zero-order chi connectivity index (χ0) is 15.0. The number of hydrogen-bond donors (Lipinski definition) is 1. The molecule has 0 bridgehead atoms. The summed E-state index contributed by atoms with van der Waals surface area (Å²) >= 11 is 0. The Morgan fingerprint density at radius 3 is 2.40 bits per heavy atom. The van der Waals surface area contributed by atoms with Gasteiger partial charge in [0.15, 0.2) is 5.78 Å². The number of fused-ring (bicyclic) bond motifs is 1. The van der Waals surface area contributed by atoms with E-state index in [0.717, 1.165) is 22.9 Å². The number of ketones is 1. The van der Waals surface area contributed by atoms with Gasteiger partial charge in [-0.2, -0.15) is 0 Å². The molecule has 0 aliphatic carbocycles. The molecule has 106 valence electrons. The molecule has 1 aromatic heterocycles. The zero-order valence-electron chi connectivity index (χ0n) is 12.2. The van der Waals surface area contributed by atoms with E-state index in [1.54, 1.807) is 12.1 Å². The van der Waals surface area contributed by atoms with Gasteiger partial charge in [-0.05, 0) is 44.9 Å². The second-order valence-corrected chi connectivity index (χ2v) is 5.29. The average Bonchev–Trinajstić information content (AvgIpc) is 2.77. The molecule has 1 N–H and O–H groups in total. The second kappa shape index (κ2) is 5.12. The average molecular weight is 273 g/mol. The summed E-state index contributed by atoms with van der Waals surface area (Å²) in [7, 11) is 0. The van der Waals surface area contributed by atoms with Crippen LogP contribution in [0.3, 0.4) is 0 Å². The van der Waals surface area contributed by atoms with Gasteiger partial charge in [-0.1, -0.05) is 6.92 Å². The van der Waals surface area contributed by atoms with Crippen molar-refractivity contribution in [1.82, 2.24) is 4.57 Å². The quantitative estimate of drug-likeness (QED) is 0.864. The van der Waals surface area contributed by atoms with Crippen molar-refractivity contribution in [3.8, 4) is 0 Å². The Kier molecular flexibility index (Phi) is 3.66. The lowest BCUT2D eigenvalue weighted by molar-refractivity contribution is 0.0696. The van der Waals surface area contributed by atoms with Crippen molar-refractivity contribution in [2.45, 2.75) is 40.2 Å². The molecule has 2 rings (SSSR count). The van der Waals surface area contributed by atoms with Crippen molar-refractivity contribution < 1.29 is 14.7 Å². The van der Waals surface area contributed by atoms with Gasteiger partial charge in [-0.25, -0.2) is 4.79 Å². The fourth-order valence-corrected chi connectivity index (χ4v) is 2.56. The molecule has 0 fully saturated rings. The van der Waals surface area contributed by atoms with E-state index >= 15 is 0 Å². The predicted octanol–water partition coefficient (Wildman–Crippen LogP) is 3.69. The fraction of sp³-hybridized carbons (Fsp3) is 0.375. The molecule has 4 heteroatoms. The first-order valence-corrected chi connectivity index (χ1v) is 6.78. The van der Waals surface area contributed by atoms with Gasteiger partial charge in [0.2, 0.25) is 0 Å². The van der Waals surface area contributed by atoms with Crippen molar-refractivity contribution >= 4 is 22.7 Å². The maximum Gasteiger partial charge on any atom is 0.335 e. The van der Waals surface area contributed by atoms with Gasteiger partial charge in [0.1, 0.15) is 0 Å². The monoisotopic (exact) mass is 273 g/mol. The third kappa shape index (κ3) is 2.22. The number of carboxylic acid groups (broad SMARTS) is 1. The van der Waals surface area contributed by atoms with Gasteiger partial charge >= 0.3 is 5.97 Å². The van der Waals surface area contributed by atoms with Crippen LogP contribution in [0.2, 0.25) is 0 Å². The molecule has 0 amide bonds. The van der Waals surface area contributed by atoms with E-state index in [2.05, 4.69) is 4.57 Å². The van der Waals surface area contributed by atoms with E-state index < -0.39 is 5.97 Å². The smallest absolute Gasteiger partial charge is 0.335 e. The van der Waals surface area contributed by atoms with E-state index in [1.165, 1.54) is 6.92 Å². The SMILES string of the molecule is CCc1cc(C(=O)O)cc2c(C(C)=O)cn(C(C)C)c12.